The van der Waals surface area contributed by atoms with Crippen molar-refractivity contribution >= 4 is 10.8 Å². The van der Waals surface area contributed by atoms with E-state index in [1.165, 1.54) is 17.2 Å². The first-order valence-corrected chi connectivity index (χ1v) is 15.0. The molecule has 6 aromatic rings. The number of halogens is 1. The van der Waals surface area contributed by atoms with Gasteiger partial charge in [0.15, 0.2) is 0 Å². The fraction of sp³-hybridized carbons (Fsp3) is 0.200. The van der Waals surface area contributed by atoms with Gasteiger partial charge in [-0.3, -0.25) is 4.98 Å². The Kier molecular flexibility index (Phi) is 7.33. The van der Waals surface area contributed by atoms with E-state index in [0.29, 0.717) is 28.2 Å². The first-order chi connectivity index (χ1) is 20.9. The summed E-state index contributed by atoms with van der Waals surface area (Å²) in [6.07, 6.45) is 1.78. The van der Waals surface area contributed by atoms with Gasteiger partial charge in [0, 0.05) is 28.3 Å². The number of pyridine rings is 2. The predicted molar refractivity (Wildman–Crippen MR) is 180 cm³/mol. The maximum absolute atomic E-state index is 15.3. The molecule has 220 valence electrons. The topological polar surface area (TPSA) is 46.0 Å². The highest BCUT2D eigenvalue weighted by Crippen LogP contribution is 2.38. The molecule has 0 atom stereocenters. The predicted octanol–water partition coefficient (Wildman–Crippen LogP) is 10.7. The van der Waals surface area contributed by atoms with Gasteiger partial charge < -0.3 is 5.11 Å². The molecule has 0 saturated heterocycles. The Hall–Kier alpha value is -4.83. The van der Waals surface area contributed by atoms with E-state index >= 15 is 4.39 Å². The normalized spacial score (nSPS) is 12.1. The molecule has 2 aromatic heterocycles. The second-order valence-corrected chi connectivity index (χ2v) is 13.6. The van der Waals surface area contributed by atoms with Crippen LogP contribution in [0.5, 0.6) is 5.75 Å². The lowest BCUT2D eigenvalue weighted by Crippen LogP contribution is -2.16. The summed E-state index contributed by atoms with van der Waals surface area (Å²) in [7, 11) is 0. The third-order valence-corrected chi connectivity index (χ3v) is 8.17. The summed E-state index contributed by atoms with van der Waals surface area (Å²) in [4.78, 5) is 9.60. The van der Waals surface area contributed by atoms with Crippen molar-refractivity contribution in [3.8, 4) is 50.6 Å². The third kappa shape index (κ3) is 5.85. The van der Waals surface area contributed by atoms with Crippen LogP contribution in [-0.4, -0.2) is 15.1 Å². The maximum Gasteiger partial charge on any atom is 0.132 e. The zero-order chi connectivity index (χ0) is 31.2. The van der Waals surface area contributed by atoms with Gasteiger partial charge in [-0.2, -0.15) is 0 Å². The highest BCUT2D eigenvalue weighted by Gasteiger charge is 2.22. The van der Waals surface area contributed by atoms with Crippen molar-refractivity contribution in [2.75, 3.05) is 0 Å². The van der Waals surface area contributed by atoms with Gasteiger partial charge in [-0.05, 0) is 87.0 Å². The largest absolute Gasteiger partial charge is 0.507 e. The maximum atomic E-state index is 15.3. The van der Waals surface area contributed by atoms with Crippen molar-refractivity contribution in [1.29, 1.82) is 0 Å². The van der Waals surface area contributed by atoms with Crippen molar-refractivity contribution in [3.63, 3.8) is 0 Å². The number of benzene rings is 4. The van der Waals surface area contributed by atoms with Gasteiger partial charge >= 0.3 is 0 Å². The molecule has 0 unspecified atom stereocenters. The van der Waals surface area contributed by atoms with Gasteiger partial charge in [0.1, 0.15) is 11.6 Å². The number of fused-ring (bicyclic) bond motifs is 1. The van der Waals surface area contributed by atoms with Crippen LogP contribution in [0.4, 0.5) is 4.39 Å². The minimum atomic E-state index is -0.346. The van der Waals surface area contributed by atoms with Crippen molar-refractivity contribution in [1.82, 2.24) is 9.97 Å². The SMILES string of the molecule is CC(C)(C)c1cc(-c2cc(-c3ccc(F)c(-c4cc5ccccc5cn4)c3)nc(-c3ccccc3O)c2)cc(C(C)(C)C)c1. The summed E-state index contributed by atoms with van der Waals surface area (Å²) in [5.41, 5.74) is 8.13. The monoisotopic (exact) mass is 580 g/mol. The second-order valence-electron chi connectivity index (χ2n) is 13.6. The molecule has 44 heavy (non-hydrogen) atoms. The molecule has 2 heterocycles. The summed E-state index contributed by atoms with van der Waals surface area (Å²) in [6.45, 7) is 13.4. The van der Waals surface area contributed by atoms with Gasteiger partial charge in [-0.15, -0.1) is 0 Å². The number of aromatic nitrogens is 2. The number of aromatic hydroxyl groups is 1. The van der Waals surface area contributed by atoms with Crippen molar-refractivity contribution in [2.45, 2.75) is 52.4 Å². The summed E-state index contributed by atoms with van der Waals surface area (Å²) in [5.74, 6) is -0.191. The smallest absolute Gasteiger partial charge is 0.132 e. The van der Waals surface area contributed by atoms with Gasteiger partial charge in [0.25, 0.3) is 0 Å². The Morgan fingerprint density at radius 3 is 1.84 bits per heavy atom. The molecule has 0 fully saturated rings. The van der Waals surface area contributed by atoms with Crippen LogP contribution in [0.15, 0.2) is 109 Å². The summed E-state index contributed by atoms with van der Waals surface area (Å²) in [5, 5.41) is 12.8. The van der Waals surface area contributed by atoms with Crippen LogP contribution in [0.3, 0.4) is 0 Å². The Bertz CT molecular complexity index is 1980. The van der Waals surface area contributed by atoms with E-state index in [0.717, 1.165) is 27.5 Å². The highest BCUT2D eigenvalue weighted by molar-refractivity contribution is 5.86. The highest BCUT2D eigenvalue weighted by atomic mass is 19.1. The quantitative estimate of drug-likeness (QED) is 0.226. The van der Waals surface area contributed by atoms with E-state index in [2.05, 4.69) is 70.8 Å². The van der Waals surface area contributed by atoms with Crippen LogP contribution in [0.1, 0.15) is 52.7 Å². The van der Waals surface area contributed by atoms with Crippen LogP contribution < -0.4 is 0 Å². The Balaban J connectivity index is 1.57. The van der Waals surface area contributed by atoms with E-state index < -0.39 is 0 Å². The fourth-order valence-corrected chi connectivity index (χ4v) is 5.45. The third-order valence-electron chi connectivity index (χ3n) is 8.17. The lowest BCUT2D eigenvalue weighted by atomic mass is 9.79. The number of phenols is 1. The summed E-state index contributed by atoms with van der Waals surface area (Å²) in [6, 6.07) is 33.0. The first kappa shape index (κ1) is 29.3. The van der Waals surface area contributed by atoms with E-state index in [1.807, 2.05) is 54.6 Å². The standard InChI is InChI=1S/C40H37FN2O/c1-39(2,3)30-17-28(18-31(23-30)40(4,5)6)29-21-35(43-37(22-29)32-13-9-10-14-38(32)44)26-15-16-34(41)33(19-26)36-20-25-11-7-8-12-27(25)24-42-36/h7-24,44H,1-6H3. The molecule has 0 aliphatic heterocycles. The molecule has 6 rings (SSSR count). The molecule has 0 aliphatic carbocycles. The number of hydrogen-bond acceptors (Lipinski definition) is 3. The minimum absolute atomic E-state index is 0.0505. The molecule has 4 aromatic carbocycles. The van der Waals surface area contributed by atoms with E-state index in [9.17, 15) is 5.11 Å². The number of nitrogens with zero attached hydrogens (tertiary/aromatic N) is 2. The van der Waals surface area contributed by atoms with Crippen molar-refractivity contribution < 1.29 is 9.50 Å². The van der Waals surface area contributed by atoms with Crippen LogP contribution in [0, 0.1) is 5.82 Å². The number of hydrogen-bond donors (Lipinski definition) is 1. The Labute approximate surface area is 259 Å². The van der Waals surface area contributed by atoms with Crippen LogP contribution in [-0.2, 0) is 10.8 Å². The van der Waals surface area contributed by atoms with E-state index in [-0.39, 0.29) is 22.4 Å². The average Bonchev–Trinajstić information content (AvgIpc) is 3.00. The Morgan fingerprint density at radius 2 is 1.16 bits per heavy atom. The van der Waals surface area contributed by atoms with Gasteiger partial charge in [-0.25, -0.2) is 9.37 Å². The second kappa shape index (κ2) is 11.0. The van der Waals surface area contributed by atoms with Gasteiger partial charge in [-0.1, -0.05) is 96.1 Å². The van der Waals surface area contributed by atoms with Crippen LogP contribution >= 0.6 is 0 Å². The molecule has 0 saturated carbocycles. The fourth-order valence-electron chi connectivity index (χ4n) is 5.45. The molecular formula is C40H37FN2O. The van der Waals surface area contributed by atoms with Crippen molar-refractivity contribution in [3.05, 3.63) is 126 Å². The summed E-state index contributed by atoms with van der Waals surface area (Å²) < 4.78 is 15.3. The molecule has 4 heteroatoms. The molecule has 0 spiro atoms. The zero-order valence-corrected chi connectivity index (χ0v) is 26.1. The molecule has 0 radical (unpaired) electrons. The lowest BCUT2D eigenvalue weighted by Gasteiger charge is -2.26. The molecule has 1 N–H and O–H groups in total. The summed E-state index contributed by atoms with van der Waals surface area (Å²) >= 11 is 0. The lowest BCUT2D eigenvalue weighted by molar-refractivity contribution is 0.477. The molecule has 0 aliphatic rings. The Morgan fingerprint density at radius 1 is 0.545 bits per heavy atom. The van der Waals surface area contributed by atoms with Gasteiger partial charge in [0.2, 0.25) is 0 Å². The molecule has 0 bridgehead atoms. The molecule has 3 nitrogen and oxygen atoms in total. The van der Waals surface area contributed by atoms with Crippen LogP contribution in [0.2, 0.25) is 0 Å². The van der Waals surface area contributed by atoms with Crippen LogP contribution in [0.25, 0.3) is 55.7 Å². The first-order valence-electron chi connectivity index (χ1n) is 15.0. The number of rotatable bonds is 4. The van der Waals surface area contributed by atoms with Gasteiger partial charge in [0.05, 0.1) is 17.1 Å². The zero-order valence-electron chi connectivity index (χ0n) is 26.1. The molecular weight excluding hydrogens is 543 g/mol. The van der Waals surface area contributed by atoms with E-state index in [4.69, 9.17) is 4.98 Å². The number of para-hydroxylation sites is 1. The number of phenolic OH excluding ortho intramolecular Hbond substituents is 1. The molecule has 0 amide bonds. The average molecular weight is 581 g/mol. The van der Waals surface area contributed by atoms with Crippen molar-refractivity contribution in [2.24, 2.45) is 0 Å². The minimum Gasteiger partial charge on any atom is -0.507 e. The van der Waals surface area contributed by atoms with E-state index in [1.54, 1.807) is 24.4 Å².